The van der Waals surface area contributed by atoms with Crippen molar-refractivity contribution in [3.05, 3.63) is 34.9 Å². The van der Waals surface area contributed by atoms with Crippen molar-refractivity contribution in [2.45, 2.75) is 6.18 Å². The number of thioether (sulfide) groups is 1. The fourth-order valence-electron chi connectivity index (χ4n) is 1.46. The van der Waals surface area contributed by atoms with Gasteiger partial charge in [-0.1, -0.05) is 24.4 Å². The van der Waals surface area contributed by atoms with Crippen LogP contribution in [-0.2, 0) is 6.18 Å². The molecular formula is C11H10F3NOS2. The molecule has 0 saturated heterocycles. The van der Waals surface area contributed by atoms with Gasteiger partial charge in [-0.05, 0) is 18.6 Å². The normalized spacial score (nSPS) is 13.6. The van der Waals surface area contributed by atoms with E-state index in [0.717, 1.165) is 6.07 Å². The molecule has 0 bridgehead atoms. The van der Waals surface area contributed by atoms with Crippen molar-refractivity contribution in [2.24, 2.45) is 0 Å². The average molecular weight is 293 g/mol. The quantitative estimate of drug-likeness (QED) is 0.745. The molecule has 0 atom stereocenters. The van der Waals surface area contributed by atoms with Crippen LogP contribution in [0.5, 0.6) is 0 Å². The first kappa shape index (κ1) is 15.0. The molecule has 7 heteroatoms. The molecule has 0 aromatic heterocycles. The van der Waals surface area contributed by atoms with Crippen molar-refractivity contribution in [1.29, 1.82) is 0 Å². The Morgan fingerprint density at radius 3 is 2.33 bits per heavy atom. The van der Waals surface area contributed by atoms with Crippen LogP contribution in [0.2, 0.25) is 0 Å². The van der Waals surface area contributed by atoms with Crippen molar-refractivity contribution < 1.29 is 18.0 Å². The van der Waals surface area contributed by atoms with Crippen molar-refractivity contribution in [3.63, 3.8) is 0 Å². The molecule has 1 heterocycles. The van der Waals surface area contributed by atoms with Gasteiger partial charge >= 0.3 is 6.18 Å². The molecule has 0 fully saturated rings. The Kier molecular flexibility index (Phi) is 4.75. The number of carbonyl (C=O) groups is 1. The molecule has 1 N–H and O–H groups in total. The summed E-state index contributed by atoms with van der Waals surface area (Å²) in [6.07, 6.45) is -0.456. The molecule has 1 aromatic carbocycles. The molecule has 1 aromatic rings. The summed E-state index contributed by atoms with van der Waals surface area (Å²) in [6, 6.07) is 3.49. The van der Waals surface area contributed by atoms with E-state index in [4.69, 9.17) is 12.2 Å². The number of benzene rings is 1. The van der Waals surface area contributed by atoms with Crippen molar-refractivity contribution in [1.82, 2.24) is 5.32 Å². The Morgan fingerprint density at radius 2 is 1.83 bits per heavy atom. The number of thiocarbonyl (C=S) groups is 1. The van der Waals surface area contributed by atoms with Gasteiger partial charge in [0.05, 0.1) is 11.1 Å². The van der Waals surface area contributed by atoms with Crippen LogP contribution in [0.1, 0.15) is 21.5 Å². The van der Waals surface area contributed by atoms with E-state index >= 15 is 0 Å². The number of rotatable bonds is 0. The maximum Gasteiger partial charge on any atom is 0.417 e. The van der Waals surface area contributed by atoms with E-state index in [2.05, 4.69) is 5.32 Å². The van der Waals surface area contributed by atoms with Gasteiger partial charge in [0, 0.05) is 5.56 Å². The third-order valence-corrected chi connectivity index (χ3v) is 2.39. The Hall–Kier alpha value is -1.08. The number of hydrogen-bond acceptors (Lipinski definition) is 3. The molecule has 98 valence electrons. The van der Waals surface area contributed by atoms with Crippen molar-refractivity contribution >= 4 is 34.9 Å². The predicted molar refractivity (Wildman–Crippen MR) is 70.0 cm³/mol. The van der Waals surface area contributed by atoms with Crippen LogP contribution < -0.4 is 5.32 Å². The first-order valence-corrected chi connectivity index (χ1v) is 6.83. The molecule has 0 aliphatic carbocycles. The zero-order valence-electron chi connectivity index (χ0n) is 9.59. The topological polar surface area (TPSA) is 29.1 Å². The monoisotopic (exact) mass is 293 g/mol. The van der Waals surface area contributed by atoms with Crippen LogP contribution in [0, 0.1) is 0 Å². The van der Waals surface area contributed by atoms with E-state index in [0.29, 0.717) is 0 Å². The van der Waals surface area contributed by atoms with Crippen LogP contribution in [0.3, 0.4) is 0 Å². The predicted octanol–water partition coefficient (Wildman–Crippen LogP) is 3.10. The molecule has 0 unspecified atom stereocenters. The summed E-state index contributed by atoms with van der Waals surface area (Å²) in [5.41, 5.74) is -1.18. The first-order valence-electron chi connectivity index (χ1n) is 4.79. The highest BCUT2D eigenvalue weighted by Gasteiger charge is 2.39. The number of fused-ring (bicyclic) bond motifs is 1. The highest BCUT2D eigenvalue weighted by molar-refractivity contribution is 7.97. The number of alkyl halides is 3. The minimum Gasteiger partial charge on any atom is -0.312 e. The van der Waals surface area contributed by atoms with Crippen molar-refractivity contribution in [3.8, 4) is 0 Å². The van der Waals surface area contributed by atoms with E-state index in [1.807, 2.05) is 12.5 Å². The zero-order valence-corrected chi connectivity index (χ0v) is 11.2. The maximum atomic E-state index is 12.5. The third kappa shape index (κ3) is 3.02. The standard InChI is InChI=1S/C9H4F3NOS.C2H6S/c10-9(11,12)5-3-1-2-4-6(5)7(14)13-8(4)15;1-3-2/h1-3H,(H,13,14,15);1-2H3. The lowest BCUT2D eigenvalue weighted by Gasteiger charge is -2.09. The summed E-state index contributed by atoms with van der Waals surface area (Å²) in [5.74, 6) is -0.789. The molecule has 1 aliphatic heterocycles. The number of hydrogen-bond donors (Lipinski definition) is 1. The first-order chi connectivity index (χ1) is 8.32. The van der Waals surface area contributed by atoms with Crippen LogP contribution in [-0.4, -0.2) is 23.4 Å². The summed E-state index contributed by atoms with van der Waals surface area (Å²) in [4.78, 5) is 11.3. The molecule has 18 heavy (non-hydrogen) atoms. The lowest BCUT2D eigenvalue weighted by atomic mass is 10.0. The van der Waals surface area contributed by atoms with Crippen LogP contribution >= 0.6 is 24.0 Å². The second-order valence-corrected chi connectivity index (χ2v) is 4.64. The Morgan fingerprint density at radius 1 is 1.28 bits per heavy atom. The summed E-state index contributed by atoms with van der Waals surface area (Å²) in [6.45, 7) is 0. The minimum atomic E-state index is -4.54. The van der Waals surface area contributed by atoms with Gasteiger partial charge in [0.1, 0.15) is 4.99 Å². The maximum absolute atomic E-state index is 12.5. The lowest BCUT2D eigenvalue weighted by Crippen LogP contribution is -2.20. The fourth-order valence-corrected chi connectivity index (χ4v) is 1.72. The fraction of sp³-hybridized carbons (Fsp3) is 0.273. The zero-order chi connectivity index (χ0) is 13.9. The highest BCUT2D eigenvalue weighted by atomic mass is 32.2. The molecule has 2 rings (SSSR count). The summed E-state index contributed by atoms with van der Waals surface area (Å²) >= 11 is 6.48. The Labute approximate surface area is 112 Å². The minimum absolute atomic E-state index is 0.0427. The summed E-state index contributed by atoms with van der Waals surface area (Å²) in [5, 5.41) is 2.19. The number of nitrogens with one attached hydrogen (secondary N) is 1. The molecule has 0 saturated carbocycles. The number of carbonyl (C=O) groups excluding carboxylic acids is 1. The molecule has 0 radical (unpaired) electrons. The summed E-state index contributed by atoms with van der Waals surface area (Å²) < 4.78 is 37.6. The Bertz CT molecular complexity index is 486. The van der Waals surface area contributed by atoms with Crippen LogP contribution in [0.25, 0.3) is 0 Å². The van der Waals surface area contributed by atoms with Gasteiger partial charge in [-0.15, -0.1) is 0 Å². The second kappa shape index (κ2) is 5.71. The van der Waals surface area contributed by atoms with Gasteiger partial charge in [0.15, 0.2) is 0 Å². The van der Waals surface area contributed by atoms with Crippen molar-refractivity contribution in [2.75, 3.05) is 12.5 Å². The molecule has 1 aliphatic rings. The highest BCUT2D eigenvalue weighted by Crippen LogP contribution is 2.34. The Balaban J connectivity index is 0.000000492. The SMILES string of the molecule is CSC.O=C1NC(=S)c2cccc(C(F)(F)F)c21. The van der Waals surface area contributed by atoms with Gasteiger partial charge in [-0.25, -0.2) is 0 Å². The number of amides is 1. The largest absolute Gasteiger partial charge is 0.417 e. The average Bonchev–Trinajstić information content (AvgIpc) is 2.55. The van der Waals surface area contributed by atoms with E-state index in [9.17, 15) is 18.0 Å². The van der Waals surface area contributed by atoms with Gasteiger partial charge in [-0.3, -0.25) is 4.79 Å². The smallest absolute Gasteiger partial charge is 0.312 e. The molecule has 1 amide bonds. The summed E-state index contributed by atoms with van der Waals surface area (Å²) in [7, 11) is 0. The third-order valence-electron chi connectivity index (χ3n) is 2.07. The van der Waals surface area contributed by atoms with E-state index in [1.165, 1.54) is 12.1 Å². The van der Waals surface area contributed by atoms with Crippen LogP contribution in [0.15, 0.2) is 18.2 Å². The number of halogens is 3. The van der Waals surface area contributed by atoms with E-state index in [1.54, 1.807) is 11.8 Å². The lowest BCUT2D eigenvalue weighted by molar-refractivity contribution is -0.137. The second-order valence-electron chi connectivity index (χ2n) is 3.42. The van der Waals surface area contributed by atoms with Gasteiger partial charge < -0.3 is 5.32 Å². The van der Waals surface area contributed by atoms with Gasteiger partial charge in [-0.2, -0.15) is 24.9 Å². The molecular weight excluding hydrogens is 283 g/mol. The molecule has 0 spiro atoms. The van der Waals surface area contributed by atoms with E-state index in [-0.39, 0.29) is 16.1 Å². The molecule has 2 nitrogen and oxygen atoms in total. The van der Waals surface area contributed by atoms with Gasteiger partial charge in [0.25, 0.3) is 5.91 Å². The van der Waals surface area contributed by atoms with Crippen LogP contribution in [0.4, 0.5) is 13.2 Å². The van der Waals surface area contributed by atoms with E-state index < -0.39 is 17.6 Å². The van der Waals surface area contributed by atoms with Gasteiger partial charge in [0.2, 0.25) is 0 Å².